The second-order valence-electron chi connectivity index (χ2n) is 4.44. The van der Waals surface area contributed by atoms with Crippen LogP contribution < -0.4 is 5.32 Å². The van der Waals surface area contributed by atoms with E-state index >= 15 is 0 Å². The number of aromatic nitrogens is 3. The third-order valence-corrected chi connectivity index (χ3v) is 2.39. The van der Waals surface area contributed by atoms with Crippen LogP contribution in [0.3, 0.4) is 0 Å². The molecule has 0 amide bonds. The molecule has 0 fully saturated rings. The monoisotopic (exact) mass is 227 g/mol. The molecule has 0 atom stereocenters. The standard InChI is InChI=1S/C12H13N5/c1-12(2,6-13)7-15-11-10-9(16-8-17-11)4-3-5-14-10/h3-5,8H,7H2,1-2H3,(H,15,16,17). The Morgan fingerprint density at radius 3 is 2.94 bits per heavy atom. The maximum Gasteiger partial charge on any atom is 0.156 e. The van der Waals surface area contributed by atoms with Gasteiger partial charge in [-0.15, -0.1) is 0 Å². The van der Waals surface area contributed by atoms with Gasteiger partial charge >= 0.3 is 0 Å². The Morgan fingerprint density at radius 2 is 2.18 bits per heavy atom. The molecule has 0 aliphatic heterocycles. The zero-order chi connectivity index (χ0) is 12.3. The summed E-state index contributed by atoms with van der Waals surface area (Å²) < 4.78 is 0. The van der Waals surface area contributed by atoms with Crippen molar-refractivity contribution in [1.29, 1.82) is 5.26 Å². The van der Waals surface area contributed by atoms with Crippen LogP contribution in [0.2, 0.25) is 0 Å². The van der Waals surface area contributed by atoms with E-state index < -0.39 is 5.41 Å². The van der Waals surface area contributed by atoms with Gasteiger partial charge in [0.25, 0.3) is 0 Å². The lowest BCUT2D eigenvalue weighted by molar-refractivity contribution is 0.528. The summed E-state index contributed by atoms with van der Waals surface area (Å²) in [6, 6.07) is 5.94. The zero-order valence-electron chi connectivity index (χ0n) is 9.81. The SMILES string of the molecule is CC(C)(C#N)CNc1ncnc2cccnc12. The van der Waals surface area contributed by atoms with Gasteiger partial charge in [-0.1, -0.05) is 0 Å². The Bertz CT molecular complexity index is 565. The molecular formula is C12H13N5. The van der Waals surface area contributed by atoms with E-state index in [-0.39, 0.29) is 0 Å². The van der Waals surface area contributed by atoms with E-state index in [4.69, 9.17) is 5.26 Å². The predicted octanol–water partition coefficient (Wildman–Crippen LogP) is 1.99. The van der Waals surface area contributed by atoms with Crippen LogP contribution in [0.5, 0.6) is 0 Å². The minimum absolute atomic E-state index is 0.438. The molecule has 86 valence electrons. The zero-order valence-corrected chi connectivity index (χ0v) is 9.81. The summed E-state index contributed by atoms with van der Waals surface area (Å²) >= 11 is 0. The Balaban J connectivity index is 2.28. The quantitative estimate of drug-likeness (QED) is 0.867. The Hall–Kier alpha value is -2.22. The van der Waals surface area contributed by atoms with Crippen molar-refractivity contribution < 1.29 is 0 Å². The van der Waals surface area contributed by atoms with Crippen LogP contribution >= 0.6 is 0 Å². The molecule has 0 bridgehead atoms. The molecule has 0 saturated carbocycles. The van der Waals surface area contributed by atoms with Gasteiger partial charge in [0.05, 0.1) is 17.0 Å². The van der Waals surface area contributed by atoms with Crippen LogP contribution in [0.4, 0.5) is 5.82 Å². The molecule has 0 aliphatic carbocycles. The minimum atomic E-state index is -0.438. The number of nitriles is 1. The lowest BCUT2D eigenvalue weighted by atomic mass is 9.96. The molecule has 5 nitrogen and oxygen atoms in total. The summed E-state index contributed by atoms with van der Waals surface area (Å²) in [4.78, 5) is 12.5. The van der Waals surface area contributed by atoms with E-state index in [1.165, 1.54) is 6.33 Å². The summed E-state index contributed by atoms with van der Waals surface area (Å²) in [6.45, 7) is 4.26. The second-order valence-corrected chi connectivity index (χ2v) is 4.44. The number of nitrogens with zero attached hydrogens (tertiary/aromatic N) is 4. The largest absolute Gasteiger partial charge is 0.367 e. The van der Waals surface area contributed by atoms with Crippen molar-refractivity contribution in [3.63, 3.8) is 0 Å². The maximum absolute atomic E-state index is 8.95. The molecule has 0 unspecified atom stereocenters. The van der Waals surface area contributed by atoms with Crippen LogP contribution in [-0.4, -0.2) is 21.5 Å². The van der Waals surface area contributed by atoms with Crippen molar-refractivity contribution in [3.05, 3.63) is 24.7 Å². The molecule has 0 radical (unpaired) electrons. The molecule has 1 N–H and O–H groups in total. The molecule has 0 aliphatic rings. The van der Waals surface area contributed by atoms with Crippen molar-refractivity contribution in [2.75, 3.05) is 11.9 Å². The highest BCUT2D eigenvalue weighted by Crippen LogP contribution is 2.18. The molecule has 0 aromatic carbocycles. The van der Waals surface area contributed by atoms with Crippen molar-refractivity contribution >= 4 is 16.9 Å². The Kier molecular flexibility index (Phi) is 2.88. The summed E-state index contributed by atoms with van der Waals surface area (Å²) in [5.74, 6) is 0.666. The lowest BCUT2D eigenvalue weighted by Gasteiger charge is -2.16. The van der Waals surface area contributed by atoms with Gasteiger partial charge in [0.2, 0.25) is 0 Å². The number of hydrogen-bond donors (Lipinski definition) is 1. The number of hydrogen-bond acceptors (Lipinski definition) is 5. The number of pyridine rings is 1. The van der Waals surface area contributed by atoms with Gasteiger partial charge in [-0.3, -0.25) is 4.98 Å². The highest BCUT2D eigenvalue weighted by Gasteiger charge is 2.17. The van der Waals surface area contributed by atoms with E-state index in [9.17, 15) is 0 Å². The molecule has 2 rings (SSSR count). The first-order valence-corrected chi connectivity index (χ1v) is 5.33. The second kappa shape index (κ2) is 4.34. The molecule has 2 aromatic heterocycles. The van der Waals surface area contributed by atoms with Crippen molar-refractivity contribution in [2.24, 2.45) is 5.41 Å². The molecule has 17 heavy (non-hydrogen) atoms. The maximum atomic E-state index is 8.95. The summed E-state index contributed by atoms with van der Waals surface area (Å²) in [6.07, 6.45) is 3.19. The van der Waals surface area contributed by atoms with Gasteiger partial charge in [0, 0.05) is 12.7 Å². The fourth-order valence-electron chi connectivity index (χ4n) is 1.37. The van der Waals surface area contributed by atoms with Crippen molar-refractivity contribution in [3.8, 4) is 6.07 Å². The number of nitrogens with one attached hydrogen (secondary N) is 1. The van der Waals surface area contributed by atoms with E-state index in [0.29, 0.717) is 12.4 Å². The highest BCUT2D eigenvalue weighted by atomic mass is 15.0. The minimum Gasteiger partial charge on any atom is -0.367 e. The first-order valence-electron chi connectivity index (χ1n) is 5.33. The average molecular weight is 227 g/mol. The topological polar surface area (TPSA) is 74.5 Å². The molecule has 2 aromatic rings. The van der Waals surface area contributed by atoms with Gasteiger partial charge in [-0.05, 0) is 26.0 Å². The van der Waals surface area contributed by atoms with Gasteiger partial charge in [0.15, 0.2) is 5.82 Å². The van der Waals surface area contributed by atoms with Crippen molar-refractivity contribution in [2.45, 2.75) is 13.8 Å². The number of rotatable bonds is 3. The number of anilines is 1. The summed E-state index contributed by atoms with van der Waals surface area (Å²) in [7, 11) is 0. The van der Waals surface area contributed by atoms with E-state index in [1.54, 1.807) is 6.20 Å². The predicted molar refractivity (Wildman–Crippen MR) is 65.2 cm³/mol. The lowest BCUT2D eigenvalue weighted by Crippen LogP contribution is -2.21. The van der Waals surface area contributed by atoms with Crippen LogP contribution in [0.25, 0.3) is 11.0 Å². The third-order valence-electron chi connectivity index (χ3n) is 2.39. The van der Waals surface area contributed by atoms with Gasteiger partial charge in [-0.2, -0.15) is 5.26 Å². The molecule has 5 heteroatoms. The van der Waals surface area contributed by atoms with Gasteiger partial charge in [-0.25, -0.2) is 9.97 Å². The first kappa shape index (κ1) is 11.3. The molecule has 0 saturated heterocycles. The molecule has 2 heterocycles. The summed E-state index contributed by atoms with van der Waals surface area (Å²) in [5, 5.41) is 12.1. The van der Waals surface area contributed by atoms with Gasteiger partial charge in [0.1, 0.15) is 11.8 Å². The van der Waals surface area contributed by atoms with Gasteiger partial charge < -0.3 is 5.32 Å². The summed E-state index contributed by atoms with van der Waals surface area (Å²) in [5.41, 5.74) is 1.08. The highest BCUT2D eigenvalue weighted by molar-refractivity contribution is 5.84. The third kappa shape index (κ3) is 2.48. The fraction of sp³-hybridized carbons (Fsp3) is 0.333. The molecular weight excluding hydrogens is 214 g/mol. The Morgan fingerprint density at radius 1 is 1.35 bits per heavy atom. The van der Waals surface area contributed by atoms with E-state index in [2.05, 4.69) is 26.3 Å². The van der Waals surface area contributed by atoms with Crippen LogP contribution in [0, 0.1) is 16.7 Å². The smallest absolute Gasteiger partial charge is 0.156 e. The normalized spacial score (nSPS) is 11.1. The van der Waals surface area contributed by atoms with Crippen molar-refractivity contribution in [1.82, 2.24) is 15.0 Å². The van der Waals surface area contributed by atoms with Crippen LogP contribution in [0.15, 0.2) is 24.7 Å². The molecule has 0 spiro atoms. The van der Waals surface area contributed by atoms with Crippen LogP contribution in [0.1, 0.15) is 13.8 Å². The Labute approximate surface area is 99.5 Å². The number of fused-ring (bicyclic) bond motifs is 1. The first-order chi connectivity index (χ1) is 8.12. The fourth-order valence-corrected chi connectivity index (χ4v) is 1.37. The van der Waals surface area contributed by atoms with E-state index in [1.807, 2.05) is 26.0 Å². The van der Waals surface area contributed by atoms with E-state index in [0.717, 1.165) is 11.0 Å². The average Bonchev–Trinajstić information content (AvgIpc) is 2.36. The van der Waals surface area contributed by atoms with Crippen LogP contribution in [-0.2, 0) is 0 Å².